The Hall–Kier alpha value is -0.453. The van der Waals surface area contributed by atoms with E-state index in [1.807, 2.05) is 0 Å². The summed E-state index contributed by atoms with van der Waals surface area (Å²) in [5.41, 5.74) is 0. The lowest BCUT2D eigenvalue weighted by molar-refractivity contribution is 0.274. The van der Waals surface area contributed by atoms with Gasteiger partial charge >= 0.3 is 0 Å². The largest absolute Gasteiger partial charge is 0.242 e. The number of hydrogen-bond donors (Lipinski definition) is 1. The predicted molar refractivity (Wildman–Crippen MR) is 109 cm³/mol. The Kier molecular flexibility index (Phi) is 6.62. The molecule has 0 aliphatic carbocycles. The van der Waals surface area contributed by atoms with Crippen LogP contribution in [0.5, 0.6) is 0 Å². The number of sulfonamides is 2. The van der Waals surface area contributed by atoms with Crippen LogP contribution in [0.4, 0.5) is 0 Å². The Balaban J connectivity index is 2.18. The average molecular weight is 439 g/mol. The Morgan fingerprint density at radius 1 is 1.15 bits per heavy atom. The molecule has 6 nitrogen and oxygen atoms in total. The lowest BCUT2D eigenvalue weighted by Gasteiger charge is -2.32. The number of halogens is 1. The van der Waals surface area contributed by atoms with Crippen molar-refractivity contribution in [2.75, 3.05) is 25.9 Å². The van der Waals surface area contributed by atoms with Gasteiger partial charge in [0, 0.05) is 24.7 Å². The van der Waals surface area contributed by atoms with Crippen LogP contribution < -0.4 is 9.91 Å². The third-order valence-electron chi connectivity index (χ3n) is 4.58. The second-order valence-corrected chi connectivity index (χ2v) is 17.1. The molecule has 0 bridgehead atoms. The molecule has 1 aromatic rings. The molecule has 1 aliphatic rings. The third kappa shape index (κ3) is 5.52. The summed E-state index contributed by atoms with van der Waals surface area (Å²) in [6.07, 6.45) is 2.40. The molecule has 0 saturated carbocycles. The molecule has 1 aromatic carbocycles. The van der Waals surface area contributed by atoms with Crippen molar-refractivity contribution >= 4 is 44.9 Å². The van der Waals surface area contributed by atoms with Crippen molar-refractivity contribution in [1.82, 2.24) is 9.03 Å². The van der Waals surface area contributed by atoms with Crippen LogP contribution in [0.1, 0.15) is 12.8 Å². The molecule has 1 saturated heterocycles. The molecule has 0 spiro atoms. The highest BCUT2D eigenvalue weighted by atomic mass is 35.5. The number of rotatable bonds is 6. The van der Waals surface area contributed by atoms with Crippen LogP contribution >= 0.6 is 11.6 Å². The van der Waals surface area contributed by atoms with Crippen molar-refractivity contribution in [2.24, 2.45) is 5.92 Å². The van der Waals surface area contributed by atoms with Gasteiger partial charge in [-0.1, -0.05) is 31.2 Å². The van der Waals surface area contributed by atoms with Gasteiger partial charge in [0.15, 0.2) is 0 Å². The van der Waals surface area contributed by atoms with Crippen molar-refractivity contribution in [3.63, 3.8) is 0 Å². The van der Waals surface area contributed by atoms with Crippen molar-refractivity contribution in [1.29, 1.82) is 0 Å². The van der Waals surface area contributed by atoms with Gasteiger partial charge in [-0.15, -0.1) is 0 Å². The number of nitrogens with zero attached hydrogens (tertiary/aromatic N) is 1. The van der Waals surface area contributed by atoms with Crippen LogP contribution in [-0.4, -0.2) is 55.1 Å². The second kappa shape index (κ2) is 7.88. The maximum Gasteiger partial charge on any atom is 0.242 e. The minimum atomic E-state index is -3.59. The first-order valence-corrected chi connectivity index (χ1v) is 15.8. The van der Waals surface area contributed by atoms with Gasteiger partial charge in [-0.3, -0.25) is 0 Å². The van der Waals surface area contributed by atoms with Crippen molar-refractivity contribution < 1.29 is 16.8 Å². The first kappa shape index (κ1) is 21.8. The summed E-state index contributed by atoms with van der Waals surface area (Å²) < 4.78 is 52.8. The van der Waals surface area contributed by atoms with E-state index >= 15 is 0 Å². The number of hydrogen-bond acceptors (Lipinski definition) is 4. The molecule has 1 N–H and O–H groups in total. The maximum atomic E-state index is 13.2. The first-order valence-electron chi connectivity index (χ1n) is 8.55. The fraction of sp³-hybridized carbons (Fsp3) is 0.625. The SMILES string of the molecule is C[Si](C)(C)c1cc(Cl)ccc1S(=O)(=O)N1CCC(CNS(C)(=O)=O)CC1. The van der Waals surface area contributed by atoms with E-state index in [-0.39, 0.29) is 5.92 Å². The van der Waals surface area contributed by atoms with Gasteiger partial charge in [-0.2, -0.15) is 4.31 Å². The predicted octanol–water partition coefficient (Wildman–Crippen LogP) is 1.84. The van der Waals surface area contributed by atoms with E-state index in [2.05, 4.69) is 24.4 Å². The van der Waals surface area contributed by atoms with E-state index in [0.717, 1.165) is 11.4 Å². The topological polar surface area (TPSA) is 83.6 Å². The van der Waals surface area contributed by atoms with Gasteiger partial charge in [-0.05, 0) is 42.1 Å². The van der Waals surface area contributed by atoms with E-state index < -0.39 is 28.1 Å². The van der Waals surface area contributed by atoms with E-state index in [9.17, 15) is 16.8 Å². The fourth-order valence-corrected chi connectivity index (χ4v) is 8.14. The molecule has 148 valence electrons. The van der Waals surface area contributed by atoms with E-state index in [0.29, 0.717) is 42.4 Å². The van der Waals surface area contributed by atoms with Crippen LogP contribution in [0.2, 0.25) is 24.7 Å². The lowest BCUT2D eigenvalue weighted by atomic mass is 9.99. The first-order chi connectivity index (χ1) is 11.8. The second-order valence-electron chi connectivity index (χ2n) is 7.86. The van der Waals surface area contributed by atoms with Gasteiger partial charge in [0.1, 0.15) is 0 Å². The summed E-state index contributed by atoms with van der Waals surface area (Å²) in [5, 5.41) is 1.39. The molecular weight excluding hydrogens is 412 g/mol. The molecule has 0 radical (unpaired) electrons. The zero-order chi connectivity index (χ0) is 19.8. The van der Waals surface area contributed by atoms with E-state index in [1.54, 1.807) is 18.2 Å². The molecule has 2 rings (SSSR count). The third-order valence-corrected chi connectivity index (χ3v) is 9.67. The number of piperidine rings is 1. The summed E-state index contributed by atoms with van der Waals surface area (Å²) in [6.45, 7) is 7.44. The monoisotopic (exact) mass is 438 g/mol. The Bertz CT molecular complexity index is 859. The Labute approximate surface area is 163 Å². The minimum absolute atomic E-state index is 0.151. The molecule has 0 unspecified atom stereocenters. The Morgan fingerprint density at radius 2 is 1.73 bits per heavy atom. The molecular formula is C16H27ClN2O4S2Si. The standard InChI is InChI=1S/C16H27ClN2O4S2Si/c1-24(20,21)18-12-13-7-9-19(10-8-13)25(22,23)15-6-5-14(17)11-16(15)26(2,3)4/h5-6,11,13,18H,7-10,12H2,1-4H3. The van der Waals surface area contributed by atoms with Gasteiger partial charge in [0.2, 0.25) is 20.0 Å². The molecule has 1 aliphatic heterocycles. The summed E-state index contributed by atoms with van der Waals surface area (Å²) in [5.74, 6) is 0.151. The quantitative estimate of drug-likeness (QED) is 0.687. The Morgan fingerprint density at radius 3 is 2.23 bits per heavy atom. The van der Waals surface area contributed by atoms with Crippen LogP contribution in [-0.2, 0) is 20.0 Å². The van der Waals surface area contributed by atoms with Crippen LogP contribution in [0.25, 0.3) is 0 Å². The van der Waals surface area contributed by atoms with Gasteiger partial charge in [0.05, 0.1) is 19.2 Å². The van der Waals surface area contributed by atoms with Crippen LogP contribution in [0.15, 0.2) is 23.1 Å². The van der Waals surface area contributed by atoms with Crippen molar-refractivity contribution in [3.8, 4) is 0 Å². The average Bonchev–Trinajstić information content (AvgIpc) is 2.51. The van der Waals surface area contributed by atoms with Crippen LogP contribution in [0.3, 0.4) is 0 Å². The highest BCUT2D eigenvalue weighted by Crippen LogP contribution is 2.25. The maximum absolute atomic E-state index is 13.2. The van der Waals surface area contributed by atoms with Gasteiger partial charge < -0.3 is 0 Å². The minimum Gasteiger partial charge on any atom is -0.215 e. The highest BCUT2D eigenvalue weighted by molar-refractivity contribution is 7.89. The highest BCUT2D eigenvalue weighted by Gasteiger charge is 2.34. The normalized spacial score (nSPS) is 18.2. The summed E-state index contributed by atoms with van der Waals surface area (Å²) in [6, 6.07) is 5.02. The lowest BCUT2D eigenvalue weighted by Crippen LogP contribution is -2.46. The molecule has 1 fully saturated rings. The zero-order valence-electron chi connectivity index (χ0n) is 15.6. The smallest absolute Gasteiger partial charge is 0.215 e. The summed E-state index contributed by atoms with van der Waals surface area (Å²) in [7, 11) is -8.71. The number of nitrogens with one attached hydrogen (secondary N) is 1. The molecule has 0 aromatic heterocycles. The van der Waals surface area contributed by atoms with E-state index in [4.69, 9.17) is 11.6 Å². The number of benzene rings is 1. The van der Waals surface area contributed by atoms with E-state index in [1.165, 1.54) is 4.31 Å². The molecule has 10 heteroatoms. The molecule has 26 heavy (non-hydrogen) atoms. The molecule has 0 amide bonds. The zero-order valence-corrected chi connectivity index (χ0v) is 19.0. The van der Waals surface area contributed by atoms with Crippen LogP contribution in [0, 0.1) is 5.92 Å². The summed E-state index contributed by atoms with van der Waals surface area (Å²) >= 11 is 6.11. The van der Waals surface area contributed by atoms with Gasteiger partial charge in [-0.25, -0.2) is 21.6 Å². The fourth-order valence-electron chi connectivity index (χ4n) is 3.08. The molecule has 1 heterocycles. The molecule has 0 atom stereocenters. The van der Waals surface area contributed by atoms with Crippen molar-refractivity contribution in [3.05, 3.63) is 23.2 Å². The summed E-state index contributed by atoms with van der Waals surface area (Å²) in [4.78, 5) is 0.355. The van der Waals surface area contributed by atoms with Gasteiger partial charge in [0.25, 0.3) is 0 Å². The van der Waals surface area contributed by atoms with Crippen molar-refractivity contribution in [2.45, 2.75) is 37.4 Å².